The minimum absolute atomic E-state index is 0.130. The van der Waals surface area contributed by atoms with Crippen LogP contribution >= 0.6 is 11.3 Å². The van der Waals surface area contributed by atoms with E-state index in [0.717, 1.165) is 15.8 Å². The fourth-order valence-corrected chi connectivity index (χ4v) is 3.25. The summed E-state index contributed by atoms with van der Waals surface area (Å²) in [6.45, 7) is 1.97. The van der Waals surface area contributed by atoms with Crippen molar-refractivity contribution in [2.45, 2.75) is 13.5 Å². The van der Waals surface area contributed by atoms with Crippen molar-refractivity contribution in [2.75, 3.05) is 17.7 Å². The van der Waals surface area contributed by atoms with Crippen molar-refractivity contribution >= 4 is 44.2 Å². The van der Waals surface area contributed by atoms with Crippen LogP contribution in [0.1, 0.15) is 22.8 Å². The molecule has 3 aromatic rings. The van der Waals surface area contributed by atoms with Crippen molar-refractivity contribution < 1.29 is 14.3 Å². The molecule has 25 heavy (non-hydrogen) atoms. The summed E-state index contributed by atoms with van der Waals surface area (Å²) in [5.41, 5.74) is 3.03. The Labute approximate surface area is 148 Å². The summed E-state index contributed by atoms with van der Waals surface area (Å²) in [7, 11) is 1.63. The zero-order chi connectivity index (χ0) is 17.8. The fraction of sp³-hybridized carbons (Fsp3) is 0.167. The van der Waals surface area contributed by atoms with Crippen molar-refractivity contribution in [3.63, 3.8) is 0 Å². The van der Waals surface area contributed by atoms with Gasteiger partial charge < -0.3 is 10.1 Å². The lowest BCUT2D eigenvalue weighted by Gasteiger charge is -2.03. The second-order valence-corrected chi connectivity index (χ2v) is 6.50. The van der Waals surface area contributed by atoms with Gasteiger partial charge in [0.1, 0.15) is 0 Å². The number of anilines is 2. The summed E-state index contributed by atoms with van der Waals surface area (Å²) in [5, 5.41) is 6.05. The highest BCUT2D eigenvalue weighted by Gasteiger charge is 2.10. The van der Waals surface area contributed by atoms with Crippen molar-refractivity contribution in [2.24, 2.45) is 0 Å². The van der Waals surface area contributed by atoms with E-state index in [1.807, 2.05) is 24.3 Å². The standard InChI is InChI=1S/C18H17N3O3S/c1-11(22)19-14-7-8-15-16(9-14)25-18(20-15)21-17(23)13-5-3-12(4-6-13)10-24-2/h3-9H,10H2,1-2H3,(H,19,22)(H,20,21,23). The number of carbonyl (C=O) groups excluding carboxylic acids is 2. The van der Waals surface area contributed by atoms with Crippen molar-refractivity contribution in [3.05, 3.63) is 53.6 Å². The molecule has 0 saturated carbocycles. The molecule has 0 atom stereocenters. The van der Waals surface area contributed by atoms with Crippen LogP contribution in [0.4, 0.5) is 10.8 Å². The molecule has 2 aromatic carbocycles. The Balaban J connectivity index is 1.75. The molecular weight excluding hydrogens is 338 g/mol. The predicted molar refractivity (Wildman–Crippen MR) is 99.0 cm³/mol. The van der Waals surface area contributed by atoms with Gasteiger partial charge in [-0.2, -0.15) is 0 Å². The first kappa shape index (κ1) is 17.1. The number of nitrogens with zero attached hydrogens (tertiary/aromatic N) is 1. The molecule has 6 nitrogen and oxygen atoms in total. The van der Waals surface area contributed by atoms with Gasteiger partial charge in [0.15, 0.2) is 5.13 Å². The molecule has 128 valence electrons. The van der Waals surface area contributed by atoms with E-state index in [-0.39, 0.29) is 11.8 Å². The number of carbonyl (C=O) groups is 2. The lowest BCUT2D eigenvalue weighted by molar-refractivity contribution is -0.114. The topological polar surface area (TPSA) is 80.3 Å². The number of thiazole rings is 1. The maximum Gasteiger partial charge on any atom is 0.257 e. The molecule has 0 spiro atoms. The number of ether oxygens (including phenoxy) is 1. The Kier molecular flexibility index (Phi) is 5.06. The van der Waals surface area contributed by atoms with Gasteiger partial charge in [0, 0.05) is 25.3 Å². The predicted octanol–water partition coefficient (Wildman–Crippen LogP) is 3.65. The molecule has 2 N–H and O–H groups in total. The van der Waals surface area contributed by atoms with E-state index in [4.69, 9.17) is 4.74 Å². The SMILES string of the molecule is COCc1ccc(C(=O)Nc2nc3ccc(NC(C)=O)cc3s2)cc1. The second-order valence-electron chi connectivity index (χ2n) is 5.47. The number of fused-ring (bicyclic) bond motifs is 1. The van der Waals surface area contributed by atoms with E-state index >= 15 is 0 Å². The Morgan fingerprint density at radius 2 is 1.88 bits per heavy atom. The summed E-state index contributed by atoms with van der Waals surface area (Å²) in [5.74, 6) is -0.348. The summed E-state index contributed by atoms with van der Waals surface area (Å²) in [4.78, 5) is 27.9. The van der Waals surface area contributed by atoms with Gasteiger partial charge in [-0.1, -0.05) is 23.5 Å². The zero-order valence-corrected chi connectivity index (χ0v) is 14.6. The number of benzene rings is 2. The Morgan fingerprint density at radius 3 is 2.56 bits per heavy atom. The highest BCUT2D eigenvalue weighted by atomic mass is 32.1. The molecule has 2 amide bonds. The first-order valence-corrected chi connectivity index (χ1v) is 8.44. The van der Waals surface area contributed by atoms with Gasteiger partial charge >= 0.3 is 0 Å². The summed E-state index contributed by atoms with van der Waals surface area (Å²) < 4.78 is 5.94. The molecule has 0 aliphatic rings. The lowest BCUT2D eigenvalue weighted by atomic mass is 10.1. The largest absolute Gasteiger partial charge is 0.380 e. The Morgan fingerprint density at radius 1 is 1.12 bits per heavy atom. The van der Waals surface area contributed by atoms with Crippen LogP contribution in [0.2, 0.25) is 0 Å². The van der Waals surface area contributed by atoms with Crippen molar-refractivity contribution in [3.8, 4) is 0 Å². The molecule has 0 radical (unpaired) electrons. The van der Waals surface area contributed by atoms with E-state index in [0.29, 0.717) is 23.0 Å². The molecular formula is C18H17N3O3S. The molecule has 3 rings (SSSR count). The number of amides is 2. The van der Waals surface area contributed by atoms with Crippen molar-refractivity contribution in [1.29, 1.82) is 0 Å². The fourth-order valence-electron chi connectivity index (χ4n) is 2.35. The van der Waals surface area contributed by atoms with Gasteiger partial charge in [0.25, 0.3) is 5.91 Å². The smallest absolute Gasteiger partial charge is 0.257 e. The van der Waals surface area contributed by atoms with Crippen LogP contribution in [0.25, 0.3) is 10.2 Å². The molecule has 0 bridgehead atoms. The molecule has 1 aromatic heterocycles. The number of hydrogen-bond donors (Lipinski definition) is 2. The zero-order valence-electron chi connectivity index (χ0n) is 13.8. The first-order chi connectivity index (χ1) is 12.0. The van der Waals surface area contributed by atoms with Gasteiger partial charge in [-0.25, -0.2) is 4.98 Å². The number of nitrogens with one attached hydrogen (secondary N) is 2. The monoisotopic (exact) mass is 355 g/mol. The van der Waals surface area contributed by atoms with Crippen molar-refractivity contribution in [1.82, 2.24) is 4.98 Å². The van der Waals surface area contributed by atoms with E-state index < -0.39 is 0 Å². The van der Waals surface area contributed by atoms with Gasteiger partial charge in [-0.3, -0.25) is 14.9 Å². The number of rotatable bonds is 5. The second kappa shape index (κ2) is 7.42. The van der Waals surface area contributed by atoms with Crippen LogP contribution in [-0.4, -0.2) is 23.9 Å². The number of methoxy groups -OCH3 is 1. The Bertz CT molecular complexity index is 919. The van der Waals surface area contributed by atoms with E-state index in [2.05, 4.69) is 15.6 Å². The van der Waals surface area contributed by atoms with E-state index in [1.165, 1.54) is 18.3 Å². The molecule has 0 unspecified atom stereocenters. The number of aromatic nitrogens is 1. The highest BCUT2D eigenvalue weighted by molar-refractivity contribution is 7.22. The normalized spacial score (nSPS) is 10.6. The lowest BCUT2D eigenvalue weighted by Crippen LogP contribution is -2.11. The quantitative estimate of drug-likeness (QED) is 0.732. The molecule has 0 aliphatic heterocycles. The third kappa shape index (κ3) is 4.20. The first-order valence-electron chi connectivity index (χ1n) is 7.62. The minimum Gasteiger partial charge on any atom is -0.380 e. The van der Waals surface area contributed by atoms with Crippen LogP contribution in [0.5, 0.6) is 0 Å². The third-order valence-electron chi connectivity index (χ3n) is 3.46. The summed E-state index contributed by atoms with van der Waals surface area (Å²) in [6.07, 6.45) is 0. The minimum atomic E-state index is -0.217. The average molecular weight is 355 g/mol. The summed E-state index contributed by atoms with van der Waals surface area (Å²) in [6, 6.07) is 12.7. The van der Waals surface area contributed by atoms with Gasteiger partial charge in [-0.15, -0.1) is 0 Å². The highest BCUT2D eigenvalue weighted by Crippen LogP contribution is 2.28. The van der Waals surface area contributed by atoms with Gasteiger partial charge in [-0.05, 0) is 35.9 Å². The molecule has 0 saturated heterocycles. The van der Waals surface area contributed by atoms with Gasteiger partial charge in [0.2, 0.25) is 5.91 Å². The summed E-state index contributed by atoms with van der Waals surface area (Å²) >= 11 is 1.36. The van der Waals surface area contributed by atoms with Crippen LogP contribution in [0.3, 0.4) is 0 Å². The van der Waals surface area contributed by atoms with Crippen LogP contribution in [0, 0.1) is 0 Å². The van der Waals surface area contributed by atoms with Crippen LogP contribution in [0.15, 0.2) is 42.5 Å². The van der Waals surface area contributed by atoms with Gasteiger partial charge in [0.05, 0.1) is 16.8 Å². The maximum absolute atomic E-state index is 12.3. The van der Waals surface area contributed by atoms with Crippen LogP contribution in [-0.2, 0) is 16.1 Å². The van der Waals surface area contributed by atoms with E-state index in [1.54, 1.807) is 25.3 Å². The Hall–Kier alpha value is -2.77. The number of hydrogen-bond acceptors (Lipinski definition) is 5. The van der Waals surface area contributed by atoms with E-state index in [9.17, 15) is 9.59 Å². The average Bonchev–Trinajstić information content (AvgIpc) is 2.96. The maximum atomic E-state index is 12.3. The molecule has 1 heterocycles. The third-order valence-corrected chi connectivity index (χ3v) is 4.39. The van der Waals surface area contributed by atoms with Crippen LogP contribution < -0.4 is 10.6 Å². The molecule has 0 fully saturated rings. The molecule has 7 heteroatoms. The molecule has 0 aliphatic carbocycles.